The number of rotatable bonds is 6. The van der Waals surface area contributed by atoms with Crippen LogP contribution in [0.15, 0.2) is 82.6 Å². The Morgan fingerprint density at radius 1 is 0.647 bits per heavy atom. The predicted octanol–water partition coefficient (Wildman–Crippen LogP) is 6.37. The third kappa shape index (κ3) is 4.72. The first-order valence-electron chi connectivity index (χ1n) is 10.1. The minimum absolute atomic E-state index is 0.193. The van der Waals surface area contributed by atoms with Gasteiger partial charge in [0, 0.05) is 5.39 Å². The second-order valence-electron chi connectivity index (χ2n) is 7.72. The number of nitrogens with one attached hydrogen (secondary N) is 2. The van der Waals surface area contributed by atoms with Crippen LogP contribution in [0.1, 0.15) is 11.1 Å². The van der Waals surface area contributed by atoms with Crippen LogP contribution in [0.4, 0.5) is 11.4 Å². The molecule has 0 saturated heterocycles. The van der Waals surface area contributed by atoms with Gasteiger partial charge in [0.15, 0.2) is 0 Å². The second-order valence-corrected chi connectivity index (χ2v) is 11.9. The van der Waals surface area contributed by atoms with E-state index in [1.807, 2.05) is 0 Å². The zero-order valence-corrected chi connectivity index (χ0v) is 21.3. The molecule has 0 amide bonds. The van der Waals surface area contributed by atoms with Gasteiger partial charge in [0.1, 0.15) is 0 Å². The summed E-state index contributed by atoms with van der Waals surface area (Å²) in [6.07, 6.45) is 0. The molecule has 10 heteroatoms. The maximum Gasteiger partial charge on any atom is 0.262 e. The van der Waals surface area contributed by atoms with Crippen molar-refractivity contribution in [2.45, 2.75) is 23.6 Å². The van der Waals surface area contributed by atoms with E-state index >= 15 is 0 Å². The van der Waals surface area contributed by atoms with Crippen molar-refractivity contribution < 1.29 is 16.8 Å². The lowest BCUT2D eigenvalue weighted by Gasteiger charge is -2.16. The van der Waals surface area contributed by atoms with Crippen LogP contribution in [0.5, 0.6) is 0 Å². The number of hydrogen-bond acceptors (Lipinski definition) is 4. The molecule has 2 N–H and O–H groups in total. The van der Waals surface area contributed by atoms with Gasteiger partial charge in [-0.25, -0.2) is 16.8 Å². The number of aryl methyl sites for hydroxylation is 2. The Morgan fingerprint density at radius 2 is 1.18 bits per heavy atom. The van der Waals surface area contributed by atoms with Crippen LogP contribution < -0.4 is 9.44 Å². The zero-order valence-electron chi connectivity index (χ0n) is 18.1. The molecule has 0 aromatic heterocycles. The fourth-order valence-electron chi connectivity index (χ4n) is 3.53. The van der Waals surface area contributed by atoms with Crippen molar-refractivity contribution >= 4 is 65.4 Å². The number of hydrogen-bond donors (Lipinski definition) is 2. The number of fused-ring (bicyclic) bond motifs is 1. The maximum atomic E-state index is 13.5. The summed E-state index contributed by atoms with van der Waals surface area (Å²) in [7, 11) is -8.38. The summed E-state index contributed by atoms with van der Waals surface area (Å²) >= 11 is 12.4. The first-order valence-corrected chi connectivity index (χ1v) is 13.8. The molecule has 6 nitrogen and oxygen atoms in total. The van der Waals surface area contributed by atoms with Crippen LogP contribution in [0.2, 0.25) is 10.0 Å². The predicted molar refractivity (Wildman–Crippen MR) is 138 cm³/mol. The molecule has 176 valence electrons. The lowest BCUT2D eigenvalue weighted by molar-refractivity contribution is 0.600. The summed E-state index contributed by atoms with van der Waals surface area (Å²) < 4.78 is 58.5. The van der Waals surface area contributed by atoms with E-state index in [9.17, 15) is 16.8 Å². The molecule has 0 saturated carbocycles. The molecular weight excluding hydrogens is 515 g/mol. The largest absolute Gasteiger partial charge is 0.278 e. The lowest BCUT2D eigenvalue weighted by atomic mass is 10.1. The number of sulfonamides is 2. The third-order valence-electron chi connectivity index (χ3n) is 5.31. The highest BCUT2D eigenvalue weighted by atomic mass is 35.5. The molecule has 0 atom stereocenters. The Kier molecular flexibility index (Phi) is 6.52. The van der Waals surface area contributed by atoms with Crippen LogP contribution in [-0.4, -0.2) is 16.8 Å². The molecule has 34 heavy (non-hydrogen) atoms. The smallest absolute Gasteiger partial charge is 0.262 e. The molecule has 0 bridgehead atoms. The Bertz CT molecular complexity index is 1600. The van der Waals surface area contributed by atoms with Gasteiger partial charge in [0.2, 0.25) is 0 Å². The van der Waals surface area contributed by atoms with Crippen molar-refractivity contribution in [1.82, 2.24) is 0 Å². The van der Waals surface area contributed by atoms with Crippen LogP contribution in [0.3, 0.4) is 0 Å². The van der Waals surface area contributed by atoms with Gasteiger partial charge < -0.3 is 0 Å². The van der Waals surface area contributed by atoms with Crippen molar-refractivity contribution in [2.24, 2.45) is 0 Å². The van der Waals surface area contributed by atoms with Crippen LogP contribution in [0.25, 0.3) is 10.8 Å². The summed E-state index contributed by atoms with van der Waals surface area (Å²) in [5.74, 6) is 0. The molecule has 4 aromatic carbocycles. The SMILES string of the molecule is Cc1cccc(Cl)c1NS(=O)(=O)c1cc(S(=O)(=O)Nc2c(C)cccc2Cl)c2ccccc2c1. The van der Waals surface area contributed by atoms with E-state index in [2.05, 4.69) is 9.44 Å². The summed E-state index contributed by atoms with van der Waals surface area (Å²) in [4.78, 5) is -0.414. The molecule has 0 spiro atoms. The molecule has 0 heterocycles. The fraction of sp³-hybridized carbons (Fsp3) is 0.0833. The Labute approximate surface area is 208 Å². The van der Waals surface area contributed by atoms with Gasteiger partial charge in [-0.2, -0.15) is 0 Å². The highest BCUT2D eigenvalue weighted by Gasteiger charge is 2.25. The van der Waals surface area contributed by atoms with Gasteiger partial charge >= 0.3 is 0 Å². The molecule has 0 radical (unpaired) electrons. The lowest BCUT2D eigenvalue weighted by Crippen LogP contribution is -2.18. The van der Waals surface area contributed by atoms with Crippen molar-refractivity contribution in [3.63, 3.8) is 0 Å². The molecule has 0 aliphatic heterocycles. The topological polar surface area (TPSA) is 92.3 Å². The van der Waals surface area contributed by atoms with E-state index in [0.717, 1.165) is 6.07 Å². The number of para-hydroxylation sites is 2. The van der Waals surface area contributed by atoms with Gasteiger partial charge in [-0.3, -0.25) is 9.44 Å². The van der Waals surface area contributed by atoms with Gasteiger partial charge in [0.25, 0.3) is 20.0 Å². The average molecular weight is 535 g/mol. The molecule has 0 aliphatic carbocycles. The Hall–Kier alpha value is -2.78. The highest BCUT2D eigenvalue weighted by molar-refractivity contribution is 7.93. The summed E-state index contributed by atoms with van der Waals surface area (Å²) in [6, 6.07) is 19.2. The normalized spacial score (nSPS) is 12.0. The summed E-state index contributed by atoms with van der Waals surface area (Å²) in [5, 5.41) is 1.27. The van der Waals surface area contributed by atoms with E-state index in [0.29, 0.717) is 21.9 Å². The molecule has 0 fully saturated rings. The highest BCUT2D eigenvalue weighted by Crippen LogP contribution is 2.33. The molecule has 0 unspecified atom stereocenters. The van der Waals surface area contributed by atoms with Crippen LogP contribution in [0, 0.1) is 13.8 Å². The van der Waals surface area contributed by atoms with Gasteiger partial charge in [-0.1, -0.05) is 71.7 Å². The quantitative estimate of drug-likeness (QED) is 0.300. The van der Waals surface area contributed by atoms with Crippen molar-refractivity contribution in [2.75, 3.05) is 9.44 Å². The summed E-state index contributed by atoms with van der Waals surface area (Å²) in [5.41, 5.74) is 1.71. The second kappa shape index (κ2) is 9.11. The van der Waals surface area contributed by atoms with E-state index in [4.69, 9.17) is 23.2 Å². The molecule has 4 rings (SSSR count). The Balaban J connectivity index is 1.87. The average Bonchev–Trinajstić information content (AvgIpc) is 2.78. The van der Waals surface area contributed by atoms with Crippen molar-refractivity contribution in [1.29, 1.82) is 0 Å². The zero-order chi connectivity index (χ0) is 24.7. The monoisotopic (exact) mass is 534 g/mol. The van der Waals surface area contributed by atoms with E-state index < -0.39 is 20.0 Å². The Morgan fingerprint density at radius 3 is 1.74 bits per heavy atom. The fourth-order valence-corrected chi connectivity index (χ4v) is 6.88. The van der Waals surface area contributed by atoms with E-state index in [1.165, 1.54) is 6.07 Å². The number of benzene rings is 4. The molecule has 0 aliphatic rings. The number of anilines is 2. The first kappa shape index (κ1) is 24.3. The van der Waals surface area contributed by atoms with Crippen molar-refractivity contribution in [3.8, 4) is 0 Å². The van der Waals surface area contributed by atoms with Crippen molar-refractivity contribution in [3.05, 3.63) is 94.0 Å². The maximum absolute atomic E-state index is 13.5. The number of halogens is 2. The third-order valence-corrected chi connectivity index (χ3v) is 8.66. The van der Waals surface area contributed by atoms with E-state index in [-0.39, 0.29) is 31.2 Å². The van der Waals surface area contributed by atoms with Gasteiger partial charge in [-0.05, 0) is 54.6 Å². The minimum atomic E-state index is -4.21. The van der Waals surface area contributed by atoms with Gasteiger partial charge in [-0.15, -0.1) is 0 Å². The standard InChI is InChI=1S/C24H20Cl2N2O4S2/c1-15-7-5-11-20(25)23(15)27-33(29,30)18-13-17-9-3-4-10-19(17)22(14-18)34(31,32)28-24-16(2)8-6-12-21(24)26/h3-14,27-28H,1-2H3. The minimum Gasteiger partial charge on any atom is -0.278 e. The molecule has 4 aromatic rings. The van der Waals surface area contributed by atoms with E-state index in [1.54, 1.807) is 74.5 Å². The summed E-state index contributed by atoms with van der Waals surface area (Å²) in [6.45, 7) is 3.44. The first-order chi connectivity index (χ1) is 16.0. The van der Waals surface area contributed by atoms with Crippen LogP contribution in [-0.2, 0) is 20.0 Å². The molecular formula is C24H20Cl2N2O4S2. The van der Waals surface area contributed by atoms with Gasteiger partial charge in [0.05, 0.1) is 31.2 Å². The van der Waals surface area contributed by atoms with Crippen LogP contribution >= 0.6 is 23.2 Å².